The van der Waals surface area contributed by atoms with Crippen LogP contribution in [0, 0.1) is 17.8 Å². The van der Waals surface area contributed by atoms with Gasteiger partial charge >= 0.3 is 6.03 Å². The van der Waals surface area contributed by atoms with Crippen molar-refractivity contribution in [3.8, 4) is 0 Å². The van der Waals surface area contributed by atoms with Gasteiger partial charge in [0.05, 0.1) is 0 Å². The van der Waals surface area contributed by atoms with Crippen LogP contribution in [-0.2, 0) is 4.79 Å². The Morgan fingerprint density at radius 3 is 2.04 bits per heavy atom. The van der Waals surface area contributed by atoms with Gasteiger partial charge in [0.2, 0.25) is 5.91 Å². The van der Waals surface area contributed by atoms with Gasteiger partial charge < -0.3 is 15.5 Å². The molecule has 1 saturated heterocycles. The quantitative estimate of drug-likeness (QED) is 0.824. The fraction of sp³-hybridized carbons (Fsp3) is 0.900. The largest absolute Gasteiger partial charge is 0.342 e. The minimum atomic E-state index is -0.00946. The van der Waals surface area contributed by atoms with Crippen LogP contribution in [0.5, 0.6) is 0 Å². The van der Waals surface area contributed by atoms with Gasteiger partial charge in [-0.1, -0.05) is 25.7 Å². The molecule has 2 N–H and O–H groups in total. The summed E-state index contributed by atoms with van der Waals surface area (Å²) in [5.74, 6) is 2.19. The predicted octanol–water partition coefficient (Wildman–Crippen LogP) is 3.05. The fourth-order valence-electron chi connectivity index (χ4n) is 5.69. The topological polar surface area (TPSA) is 61.4 Å². The van der Waals surface area contributed by atoms with Crippen LogP contribution in [-0.4, -0.2) is 42.0 Å². The van der Waals surface area contributed by atoms with Gasteiger partial charge in [0.1, 0.15) is 0 Å². The van der Waals surface area contributed by atoms with Crippen LogP contribution >= 0.6 is 0 Å². The Balaban J connectivity index is 1.19. The molecule has 1 heterocycles. The summed E-state index contributed by atoms with van der Waals surface area (Å²) in [5, 5.41) is 6.27. The van der Waals surface area contributed by atoms with E-state index < -0.39 is 0 Å². The van der Waals surface area contributed by atoms with E-state index in [4.69, 9.17) is 0 Å². The van der Waals surface area contributed by atoms with Crippen molar-refractivity contribution in [2.24, 2.45) is 17.8 Å². The number of likely N-dealkylation sites (tertiary alicyclic amines) is 1. The highest BCUT2D eigenvalue weighted by Gasteiger charge is 2.44. The third-order valence-electron chi connectivity index (χ3n) is 7.14. The van der Waals surface area contributed by atoms with Gasteiger partial charge in [-0.25, -0.2) is 4.79 Å². The molecule has 140 valence electrons. The Hall–Kier alpha value is -1.26. The van der Waals surface area contributed by atoms with Crippen molar-refractivity contribution in [1.82, 2.24) is 15.5 Å². The molecule has 4 fully saturated rings. The molecule has 3 aliphatic carbocycles. The van der Waals surface area contributed by atoms with Crippen LogP contribution in [0.2, 0.25) is 0 Å². The number of urea groups is 1. The van der Waals surface area contributed by atoms with E-state index in [0.29, 0.717) is 23.8 Å². The molecule has 0 aromatic carbocycles. The summed E-state index contributed by atoms with van der Waals surface area (Å²) >= 11 is 0. The number of nitrogens with one attached hydrogen (secondary N) is 2. The minimum Gasteiger partial charge on any atom is -0.342 e. The van der Waals surface area contributed by atoms with E-state index >= 15 is 0 Å². The van der Waals surface area contributed by atoms with Crippen molar-refractivity contribution in [1.29, 1.82) is 0 Å². The minimum absolute atomic E-state index is 0.00946. The number of carbonyl (C=O) groups excluding carboxylic acids is 2. The van der Waals surface area contributed by atoms with E-state index in [1.165, 1.54) is 38.5 Å². The van der Waals surface area contributed by atoms with Gasteiger partial charge in [0.25, 0.3) is 0 Å². The van der Waals surface area contributed by atoms with E-state index in [9.17, 15) is 9.59 Å². The van der Waals surface area contributed by atoms with Crippen LogP contribution in [0.4, 0.5) is 4.79 Å². The first-order chi connectivity index (χ1) is 12.2. The molecular formula is C20H33N3O2. The molecule has 0 aromatic heterocycles. The van der Waals surface area contributed by atoms with E-state index in [0.717, 1.165) is 51.1 Å². The average molecular weight is 348 g/mol. The second kappa shape index (κ2) is 7.55. The summed E-state index contributed by atoms with van der Waals surface area (Å²) in [7, 11) is 0. The van der Waals surface area contributed by atoms with Gasteiger partial charge in [-0.15, -0.1) is 0 Å². The van der Waals surface area contributed by atoms with Crippen molar-refractivity contribution in [3.63, 3.8) is 0 Å². The zero-order valence-electron chi connectivity index (χ0n) is 15.3. The van der Waals surface area contributed by atoms with E-state index in [-0.39, 0.29) is 12.1 Å². The maximum Gasteiger partial charge on any atom is 0.315 e. The van der Waals surface area contributed by atoms with E-state index in [2.05, 4.69) is 15.5 Å². The highest BCUT2D eigenvalue weighted by Crippen LogP contribution is 2.49. The highest BCUT2D eigenvalue weighted by molar-refractivity contribution is 5.80. The number of fused-ring (bicyclic) bond motifs is 2. The van der Waals surface area contributed by atoms with E-state index in [1.807, 2.05) is 0 Å². The third-order valence-corrected chi connectivity index (χ3v) is 7.14. The van der Waals surface area contributed by atoms with Crippen molar-refractivity contribution in [3.05, 3.63) is 0 Å². The van der Waals surface area contributed by atoms with Crippen molar-refractivity contribution >= 4 is 11.9 Å². The maximum absolute atomic E-state index is 12.8. The summed E-state index contributed by atoms with van der Waals surface area (Å²) in [6.45, 7) is 1.61. The zero-order chi connectivity index (χ0) is 17.2. The summed E-state index contributed by atoms with van der Waals surface area (Å²) < 4.78 is 0. The molecule has 1 aliphatic heterocycles. The molecule has 0 radical (unpaired) electrons. The first kappa shape index (κ1) is 17.2. The first-order valence-electron chi connectivity index (χ1n) is 10.5. The molecule has 2 bridgehead atoms. The lowest BCUT2D eigenvalue weighted by Crippen LogP contribution is -2.52. The smallest absolute Gasteiger partial charge is 0.315 e. The number of amides is 3. The lowest BCUT2D eigenvalue weighted by Gasteiger charge is -2.35. The lowest BCUT2D eigenvalue weighted by molar-refractivity contribution is -0.138. The molecule has 5 heteroatoms. The summed E-state index contributed by atoms with van der Waals surface area (Å²) in [6, 6.07) is 0.561. The molecule has 5 nitrogen and oxygen atoms in total. The van der Waals surface area contributed by atoms with Crippen LogP contribution in [0.15, 0.2) is 0 Å². The standard InChI is InChI=1S/C20H33N3O2/c24-19(18-13-14-6-7-15(18)12-14)23-10-8-17(9-11-23)22-20(25)21-16-4-2-1-3-5-16/h14-18H,1-13H2,(H2,21,22,25)/t14-,15-,18+/m0/s1. The normalized spacial score (nSPS) is 33.4. The molecule has 0 unspecified atom stereocenters. The molecule has 3 amide bonds. The molecule has 4 aliphatic rings. The number of hydrogen-bond acceptors (Lipinski definition) is 2. The molecule has 25 heavy (non-hydrogen) atoms. The van der Waals surface area contributed by atoms with Crippen LogP contribution in [0.25, 0.3) is 0 Å². The van der Waals surface area contributed by atoms with Gasteiger partial charge in [-0.2, -0.15) is 0 Å². The Kier molecular flexibility index (Phi) is 5.18. The van der Waals surface area contributed by atoms with Gasteiger partial charge in [0, 0.05) is 31.1 Å². The van der Waals surface area contributed by atoms with Crippen LogP contribution < -0.4 is 10.6 Å². The third kappa shape index (κ3) is 3.95. The Morgan fingerprint density at radius 1 is 0.760 bits per heavy atom. The first-order valence-corrected chi connectivity index (χ1v) is 10.5. The number of piperidine rings is 1. The predicted molar refractivity (Wildman–Crippen MR) is 97.1 cm³/mol. The summed E-state index contributed by atoms with van der Waals surface area (Å²) in [4.78, 5) is 27.1. The molecule has 3 atom stereocenters. The molecule has 4 rings (SSSR count). The Morgan fingerprint density at radius 2 is 1.44 bits per heavy atom. The van der Waals surface area contributed by atoms with E-state index in [1.54, 1.807) is 0 Å². The Labute approximate surface area is 151 Å². The SMILES string of the molecule is O=C(NC1CCCCC1)NC1CCN(C(=O)[C@@H]2C[C@H]3CC[C@H]2C3)CC1. The number of hydrogen-bond donors (Lipinski definition) is 2. The lowest BCUT2D eigenvalue weighted by atomic mass is 9.87. The molecule has 0 spiro atoms. The molecule has 0 aromatic rings. The second-order valence-corrected chi connectivity index (χ2v) is 8.83. The van der Waals surface area contributed by atoms with Crippen LogP contribution in [0.1, 0.15) is 70.6 Å². The number of nitrogens with zero attached hydrogens (tertiary/aromatic N) is 1. The Bertz CT molecular complexity index is 495. The number of carbonyl (C=O) groups is 2. The fourth-order valence-corrected chi connectivity index (χ4v) is 5.69. The van der Waals surface area contributed by atoms with Crippen LogP contribution in [0.3, 0.4) is 0 Å². The second-order valence-electron chi connectivity index (χ2n) is 8.83. The van der Waals surface area contributed by atoms with Gasteiger partial charge in [-0.05, 0) is 56.8 Å². The zero-order valence-corrected chi connectivity index (χ0v) is 15.3. The van der Waals surface area contributed by atoms with Crippen molar-refractivity contribution in [2.75, 3.05) is 13.1 Å². The monoisotopic (exact) mass is 347 g/mol. The number of rotatable bonds is 3. The molecule has 3 saturated carbocycles. The van der Waals surface area contributed by atoms with Gasteiger partial charge in [-0.3, -0.25) is 4.79 Å². The van der Waals surface area contributed by atoms with Gasteiger partial charge in [0.15, 0.2) is 0 Å². The summed E-state index contributed by atoms with van der Waals surface area (Å²) in [5.41, 5.74) is 0. The highest BCUT2D eigenvalue weighted by atomic mass is 16.2. The average Bonchev–Trinajstić information content (AvgIpc) is 3.26. The molecular weight excluding hydrogens is 314 g/mol. The van der Waals surface area contributed by atoms with Crippen molar-refractivity contribution < 1.29 is 9.59 Å². The van der Waals surface area contributed by atoms with Crippen molar-refractivity contribution in [2.45, 2.75) is 82.7 Å². The summed E-state index contributed by atoms with van der Waals surface area (Å²) in [6.07, 6.45) is 12.8. The maximum atomic E-state index is 12.8.